The highest BCUT2D eigenvalue weighted by molar-refractivity contribution is 5.57. The van der Waals surface area contributed by atoms with Gasteiger partial charge < -0.3 is 15.0 Å². The summed E-state index contributed by atoms with van der Waals surface area (Å²) in [6.07, 6.45) is 1.79. The van der Waals surface area contributed by atoms with Crippen molar-refractivity contribution in [3.63, 3.8) is 0 Å². The third-order valence-corrected chi connectivity index (χ3v) is 3.04. The molecular weight excluding hydrogens is 228 g/mol. The van der Waals surface area contributed by atoms with Gasteiger partial charge in [-0.15, -0.1) is 0 Å². The van der Waals surface area contributed by atoms with Crippen LogP contribution in [0.1, 0.15) is 17.6 Å². The van der Waals surface area contributed by atoms with Crippen LogP contribution >= 0.6 is 0 Å². The molecule has 0 saturated carbocycles. The maximum absolute atomic E-state index is 5.69. The summed E-state index contributed by atoms with van der Waals surface area (Å²) in [5.41, 5.74) is 2.82. The van der Waals surface area contributed by atoms with Crippen molar-refractivity contribution in [2.24, 2.45) is 0 Å². The molecule has 0 aromatic carbocycles. The quantitative estimate of drug-likeness (QED) is 0.839. The Morgan fingerprint density at radius 3 is 3.06 bits per heavy atom. The van der Waals surface area contributed by atoms with Crippen LogP contribution in [0.4, 0.5) is 0 Å². The largest absolute Gasteiger partial charge is 0.368 e. The lowest BCUT2D eigenvalue weighted by Crippen LogP contribution is -2.33. The molecule has 2 aromatic rings. The van der Waals surface area contributed by atoms with E-state index < -0.39 is 0 Å². The van der Waals surface area contributed by atoms with Gasteiger partial charge in [0.25, 0.3) is 0 Å². The summed E-state index contributed by atoms with van der Waals surface area (Å²) in [5.74, 6) is 0.875. The summed E-state index contributed by atoms with van der Waals surface area (Å²) in [4.78, 5) is 12.2. The fraction of sp³-hybridized carbons (Fsp3) is 0.385. The lowest BCUT2D eigenvalue weighted by atomic mass is 10.2. The Labute approximate surface area is 106 Å². The Kier molecular flexibility index (Phi) is 3.08. The van der Waals surface area contributed by atoms with Crippen LogP contribution in [0.3, 0.4) is 0 Å². The van der Waals surface area contributed by atoms with Crippen LogP contribution in [0.2, 0.25) is 0 Å². The minimum absolute atomic E-state index is 0.00918. The molecule has 0 aliphatic carbocycles. The van der Waals surface area contributed by atoms with E-state index in [1.54, 1.807) is 6.20 Å². The predicted molar refractivity (Wildman–Crippen MR) is 68.1 cm³/mol. The van der Waals surface area contributed by atoms with E-state index in [0.29, 0.717) is 0 Å². The molecule has 1 fully saturated rings. The Hall–Kier alpha value is -1.72. The molecule has 3 heterocycles. The number of hydrogen-bond donors (Lipinski definition) is 2. The molecule has 1 aliphatic heterocycles. The third-order valence-electron chi connectivity index (χ3n) is 3.04. The number of nitrogens with one attached hydrogen (secondary N) is 2. The zero-order chi connectivity index (χ0) is 12.4. The second-order valence-electron chi connectivity index (χ2n) is 4.37. The number of ether oxygens (including phenoxy) is 1. The van der Waals surface area contributed by atoms with Gasteiger partial charge in [-0.2, -0.15) is 0 Å². The van der Waals surface area contributed by atoms with Crippen LogP contribution in [-0.4, -0.2) is 34.6 Å². The first-order valence-corrected chi connectivity index (χ1v) is 6.15. The normalized spacial score (nSPS) is 19.9. The van der Waals surface area contributed by atoms with Crippen LogP contribution in [0.5, 0.6) is 0 Å². The first kappa shape index (κ1) is 11.4. The van der Waals surface area contributed by atoms with E-state index in [-0.39, 0.29) is 6.10 Å². The maximum Gasteiger partial charge on any atom is 0.137 e. The molecule has 0 spiro atoms. The van der Waals surface area contributed by atoms with Gasteiger partial charge in [-0.25, -0.2) is 4.98 Å². The topological polar surface area (TPSA) is 62.8 Å². The van der Waals surface area contributed by atoms with Crippen molar-refractivity contribution in [1.82, 2.24) is 20.3 Å². The minimum atomic E-state index is 0.00918. The van der Waals surface area contributed by atoms with Gasteiger partial charge in [0.15, 0.2) is 0 Å². The summed E-state index contributed by atoms with van der Waals surface area (Å²) >= 11 is 0. The number of hydrogen-bond acceptors (Lipinski definition) is 4. The van der Waals surface area contributed by atoms with Gasteiger partial charge >= 0.3 is 0 Å². The van der Waals surface area contributed by atoms with Crippen LogP contribution < -0.4 is 5.32 Å². The zero-order valence-electron chi connectivity index (χ0n) is 10.3. The van der Waals surface area contributed by atoms with E-state index >= 15 is 0 Å². The number of H-pyrrole nitrogens is 1. The average molecular weight is 244 g/mol. The van der Waals surface area contributed by atoms with Crippen molar-refractivity contribution in [2.45, 2.75) is 13.0 Å². The number of nitrogens with zero attached hydrogens (tertiary/aromatic N) is 2. The number of imidazole rings is 1. The van der Waals surface area contributed by atoms with E-state index in [1.165, 1.54) is 0 Å². The van der Waals surface area contributed by atoms with Crippen LogP contribution in [0.15, 0.2) is 24.4 Å². The Balaban J connectivity index is 1.91. The van der Waals surface area contributed by atoms with Crippen molar-refractivity contribution in [3.8, 4) is 11.4 Å². The molecule has 2 aromatic heterocycles. The Morgan fingerprint density at radius 2 is 2.33 bits per heavy atom. The van der Waals surface area contributed by atoms with Gasteiger partial charge in [-0.3, -0.25) is 4.98 Å². The van der Waals surface area contributed by atoms with E-state index in [9.17, 15) is 0 Å². The number of rotatable bonds is 2. The number of aryl methyl sites for hydroxylation is 1. The van der Waals surface area contributed by atoms with Crippen molar-refractivity contribution in [3.05, 3.63) is 35.9 Å². The molecule has 94 valence electrons. The van der Waals surface area contributed by atoms with Crippen molar-refractivity contribution in [2.75, 3.05) is 19.7 Å². The summed E-state index contributed by atoms with van der Waals surface area (Å²) < 4.78 is 5.69. The van der Waals surface area contributed by atoms with Crippen LogP contribution in [-0.2, 0) is 4.74 Å². The van der Waals surface area contributed by atoms with Gasteiger partial charge in [0.2, 0.25) is 0 Å². The lowest BCUT2D eigenvalue weighted by Gasteiger charge is -2.21. The molecule has 2 N–H and O–H groups in total. The van der Waals surface area contributed by atoms with Gasteiger partial charge in [-0.05, 0) is 19.1 Å². The van der Waals surface area contributed by atoms with Crippen molar-refractivity contribution in [1.29, 1.82) is 0 Å². The highest BCUT2D eigenvalue weighted by Gasteiger charge is 2.20. The molecule has 18 heavy (non-hydrogen) atoms. The highest BCUT2D eigenvalue weighted by Crippen LogP contribution is 2.23. The molecule has 3 rings (SSSR count). The average Bonchev–Trinajstić information content (AvgIpc) is 2.83. The standard InChI is InChI=1S/C13H16N4O/c1-9-12(10-4-2-3-5-15-10)17-13(16-9)11-8-14-6-7-18-11/h2-5,11,14H,6-8H2,1H3,(H,16,17). The minimum Gasteiger partial charge on any atom is -0.368 e. The summed E-state index contributed by atoms with van der Waals surface area (Å²) in [6.45, 7) is 4.44. The van der Waals surface area contributed by atoms with Gasteiger partial charge in [0.05, 0.1) is 12.3 Å². The van der Waals surface area contributed by atoms with E-state index in [0.717, 1.165) is 42.6 Å². The molecule has 1 aliphatic rings. The molecule has 1 unspecified atom stereocenters. The van der Waals surface area contributed by atoms with Crippen molar-refractivity contribution >= 4 is 0 Å². The number of aromatic amines is 1. The third kappa shape index (κ3) is 2.14. The number of aromatic nitrogens is 3. The second-order valence-corrected chi connectivity index (χ2v) is 4.37. The number of pyridine rings is 1. The zero-order valence-corrected chi connectivity index (χ0v) is 10.3. The second kappa shape index (κ2) is 4.88. The molecule has 5 nitrogen and oxygen atoms in total. The molecular formula is C13H16N4O. The van der Waals surface area contributed by atoms with Crippen LogP contribution in [0.25, 0.3) is 11.4 Å². The molecule has 1 atom stereocenters. The van der Waals surface area contributed by atoms with Gasteiger partial charge in [0, 0.05) is 25.0 Å². The molecule has 5 heteroatoms. The first-order chi connectivity index (χ1) is 8.84. The molecule has 0 bridgehead atoms. The summed E-state index contributed by atoms with van der Waals surface area (Å²) in [6, 6.07) is 5.84. The predicted octanol–water partition coefficient (Wildman–Crippen LogP) is 1.44. The fourth-order valence-electron chi connectivity index (χ4n) is 2.13. The highest BCUT2D eigenvalue weighted by atomic mass is 16.5. The van der Waals surface area contributed by atoms with Crippen molar-refractivity contribution < 1.29 is 4.74 Å². The van der Waals surface area contributed by atoms with Gasteiger partial charge in [-0.1, -0.05) is 6.07 Å². The SMILES string of the molecule is Cc1[nH]c(C2CNCCO2)nc1-c1ccccn1. The Bertz CT molecular complexity index is 517. The monoisotopic (exact) mass is 244 g/mol. The first-order valence-electron chi connectivity index (χ1n) is 6.15. The maximum atomic E-state index is 5.69. The Morgan fingerprint density at radius 1 is 1.39 bits per heavy atom. The molecule has 1 saturated heterocycles. The van der Waals surface area contributed by atoms with E-state index in [2.05, 4.69) is 20.3 Å². The van der Waals surface area contributed by atoms with E-state index in [4.69, 9.17) is 4.74 Å². The van der Waals surface area contributed by atoms with Crippen LogP contribution in [0, 0.1) is 6.92 Å². The lowest BCUT2D eigenvalue weighted by molar-refractivity contribution is 0.0226. The summed E-state index contributed by atoms with van der Waals surface area (Å²) in [5, 5.41) is 3.30. The summed E-state index contributed by atoms with van der Waals surface area (Å²) in [7, 11) is 0. The number of morpholine rings is 1. The van der Waals surface area contributed by atoms with E-state index in [1.807, 2.05) is 25.1 Å². The molecule has 0 radical (unpaired) electrons. The smallest absolute Gasteiger partial charge is 0.137 e. The van der Waals surface area contributed by atoms with Gasteiger partial charge in [0.1, 0.15) is 17.6 Å². The fourth-order valence-corrected chi connectivity index (χ4v) is 2.13. The molecule has 0 amide bonds.